The molecule has 1 atom stereocenters. The van der Waals surface area contributed by atoms with Gasteiger partial charge in [-0.25, -0.2) is 0 Å². The molecule has 112 valence electrons. The van der Waals surface area contributed by atoms with Gasteiger partial charge >= 0.3 is 0 Å². The predicted octanol–water partition coefficient (Wildman–Crippen LogP) is 3.54. The minimum absolute atomic E-state index is 0.0475. The summed E-state index contributed by atoms with van der Waals surface area (Å²) in [4.78, 5) is 4.42. The summed E-state index contributed by atoms with van der Waals surface area (Å²) in [6, 6.07) is 10.7. The highest BCUT2D eigenvalue weighted by Gasteiger charge is 2.42. The lowest BCUT2D eigenvalue weighted by molar-refractivity contribution is 0.166. The third-order valence-corrected chi connectivity index (χ3v) is 4.57. The van der Waals surface area contributed by atoms with Gasteiger partial charge in [-0.15, -0.1) is 0 Å². The second-order valence-electron chi connectivity index (χ2n) is 6.10. The van der Waals surface area contributed by atoms with Gasteiger partial charge in [0.05, 0.1) is 5.54 Å². The molecule has 0 saturated heterocycles. The maximum absolute atomic E-state index is 5.14. The van der Waals surface area contributed by atoms with Crippen molar-refractivity contribution in [2.45, 2.75) is 51.0 Å². The van der Waals surface area contributed by atoms with E-state index >= 15 is 0 Å². The van der Waals surface area contributed by atoms with Crippen LogP contribution in [-0.4, -0.2) is 16.7 Å². The average molecular weight is 285 g/mol. The lowest BCUT2D eigenvalue weighted by atomic mass is 9.76. The van der Waals surface area contributed by atoms with E-state index in [0.29, 0.717) is 11.8 Å². The highest BCUT2D eigenvalue weighted by atomic mass is 16.5. The van der Waals surface area contributed by atoms with Gasteiger partial charge in [0.1, 0.15) is 0 Å². The molecule has 0 spiro atoms. The number of aryl methyl sites for hydroxylation is 1. The van der Waals surface area contributed by atoms with E-state index < -0.39 is 0 Å². The van der Waals surface area contributed by atoms with E-state index in [9.17, 15) is 0 Å². The molecule has 1 N–H and O–H groups in total. The fourth-order valence-corrected chi connectivity index (χ4v) is 2.98. The summed E-state index contributed by atoms with van der Waals surface area (Å²) in [5.74, 6) is 2.04. The Morgan fingerprint density at radius 1 is 1.29 bits per heavy atom. The normalized spacial score (nSPS) is 18.2. The van der Waals surface area contributed by atoms with E-state index in [0.717, 1.165) is 31.6 Å². The van der Waals surface area contributed by atoms with Crippen LogP contribution in [0, 0.1) is 6.92 Å². The number of nitrogens with zero attached hydrogens (tertiary/aromatic N) is 2. The molecule has 1 heterocycles. The summed E-state index contributed by atoms with van der Waals surface area (Å²) in [5.41, 5.74) is 1.35. The second-order valence-corrected chi connectivity index (χ2v) is 6.10. The standard InChI is InChI=1S/C17H23N3O/c1-13(15-7-4-3-5-8-15)9-12-18-17(10-6-11-17)16-19-14(2)21-20-16/h3-5,7-8,13,18H,6,9-12H2,1-2H3. The van der Waals surface area contributed by atoms with Gasteiger partial charge in [0.15, 0.2) is 5.82 Å². The molecule has 0 aliphatic heterocycles. The molecular weight excluding hydrogens is 262 g/mol. The Kier molecular flexibility index (Phi) is 4.06. The van der Waals surface area contributed by atoms with Crippen LogP contribution in [0.5, 0.6) is 0 Å². The first-order valence-electron chi connectivity index (χ1n) is 7.80. The third-order valence-electron chi connectivity index (χ3n) is 4.57. The van der Waals surface area contributed by atoms with Gasteiger partial charge in [0, 0.05) is 6.92 Å². The Morgan fingerprint density at radius 2 is 2.05 bits per heavy atom. The topological polar surface area (TPSA) is 51.0 Å². The molecule has 0 amide bonds. The van der Waals surface area contributed by atoms with Crippen LogP contribution < -0.4 is 5.32 Å². The zero-order valence-electron chi connectivity index (χ0n) is 12.8. The Labute approximate surface area is 126 Å². The van der Waals surface area contributed by atoms with Crippen LogP contribution in [0.1, 0.15) is 55.8 Å². The number of benzene rings is 1. The van der Waals surface area contributed by atoms with Crippen molar-refractivity contribution in [2.75, 3.05) is 6.54 Å². The van der Waals surface area contributed by atoms with E-state index in [1.54, 1.807) is 0 Å². The Balaban J connectivity index is 1.57. The van der Waals surface area contributed by atoms with Crippen molar-refractivity contribution >= 4 is 0 Å². The Morgan fingerprint density at radius 3 is 2.62 bits per heavy atom. The SMILES string of the molecule is Cc1nc(C2(NCCC(C)c3ccccc3)CCC2)no1. The highest BCUT2D eigenvalue weighted by molar-refractivity contribution is 5.18. The van der Waals surface area contributed by atoms with Crippen LogP contribution in [0.25, 0.3) is 0 Å². The van der Waals surface area contributed by atoms with E-state index in [4.69, 9.17) is 4.52 Å². The van der Waals surface area contributed by atoms with Gasteiger partial charge in [-0.3, -0.25) is 0 Å². The molecule has 0 bridgehead atoms. The maximum atomic E-state index is 5.14. The van der Waals surface area contributed by atoms with Gasteiger partial charge in [0.2, 0.25) is 5.89 Å². The van der Waals surface area contributed by atoms with Crippen molar-refractivity contribution in [3.05, 3.63) is 47.6 Å². The molecule has 1 saturated carbocycles. The lowest BCUT2D eigenvalue weighted by Crippen LogP contribution is -2.49. The van der Waals surface area contributed by atoms with E-state index in [1.165, 1.54) is 12.0 Å². The first-order valence-corrected chi connectivity index (χ1v) is 7.80. The van der Waals surface area contributed by atoms with E-state index in [-0.39, 0.29) is 5.54 Å². The molecule has 1 unspecified atom stereocenters. The minimum Gasteiger partial charge on any atom is -0.340 e. The summed E-state index contributed by atoms with van der Waals surface area (Å²) in [6.45, 7) is 5.10. The van der Waals surface area contributed by atoms with Crippen LogP contribution in [0.4, 0.5) is 0 Å². The summed E-state index contributed by atoms with van der Waals surface area (Å²) >= 11 is 0. The van der Waals surface area contributed by atoms with Crippen LogP contribution in [0.2, 0.25) is 0 Å². The van der Waals surface area contributed by atoms with Crippen molar-refractivity contribution in [3.8, 4) is 0 Å². The molecule has 1 aliphatic carbocycles. The largest absolute Gasteiger partial charge is 0.340 e. The average Bonchev–Trinajstić information content (AvgIpc) is 2.89. The molecule has 21 heavy (non-hydrogen) atoms. The van der Waals surface area contributed by atoms with Crippen molar-refractivity contribution < 1.29 is 4.52 Å². The molecule has 1 aromatic carbocycles. The van der Waals surface area contributed by atoms with Crippen molar-refractivity contribution in [1.29, 1.82) is 0 Å². The molecule has 4 heteroatoms. The summed E-state index contributed by atoms with van der Waals surface area (Å²) in [7, 11) is 0. The molecule has 1 fully saturated rings. The molecule has 0 radical (unpaired) electrons. The van der Waals surface area contributed by atoms with Crippen molar-refractivity contribution in [3.63, 3.8) is 0 Å². The number of aromatic nitrogens is 2. The van der Waals surface area contributed by atoms with Gasteiger partial charge in [-0.05, 0) is 43.7 Å². The van der Waals surface area contributed by atoms with Crippen LogP contribution >= 0.6 is 0 Å². The summed E-state index contributed by atoms with van der Waals surface area (Å²) < 4.78 is 5.14. The van der Waals surface area contributed by atoms with Crippen molar-refractivity contribution in [1.82, 2.24) is 15.5 Å². The fourth-order valence-electron chi connectivity index (χ4n) is 2.98. The predicted molar refractivity (Wildman–Crippen MR) is 82.0 cm³/mol. The summed E-state index contributed by atoms with van der Waals surface area (Å²) in [5, 5.41) is 7.80. The lowest BCUT2D eigenvalue weighted by Gasteiger charge is -2.40. The monoisotopic (exact) mass is 285 g/mol. The third kappa shape index (κ3) is 3.00. The zero-order chi connectivity index (χ0) is 14.7. The molecule has 1 aliphatic rings. The van der Waals surface area contributed by atoms with Gasteiger partial charge in [0.25, 0.3) is 0 Å². The van der Waals surface area contributed by atoms with Gasteiger partial charge in [-0.2, -0.15) is 4.98 Å². The molecule has 4 nitrogen and oxygen atoms in total. The molecule has 1 aromatic heterocycles. The van der Waals surface area contributed by atoms with Gasteiger partial charge < -0.3 is 9.84 Å². The number of nitrogens with one attached hydrogen (secondary N) is 1. The molecule has 2 aromatic rings. The quantitative estimate of drug-likeness (QED) is 0.882. The van der Waals surface area contributed by atoms with E-state index in [2.05, 4.69) is 52.7 Å². The second kappa shape index (κ2) is 5.98. The molecule has 3 rings (SSSR count). The smallest absolute Gasteiger partial charge is 0.223 e. The first kappa shape index (κ1) is 14.3. The van der Waals surface area contributed by atoms with Gasteiger partial charge in [-0.1, -0.05) is 42.4 Å². The minimum atomic E-state index is -0.0475. The number of hydrogen-bond acceptors (Lipinski definition) is 4. The van der Waals surface area contributed by atoms with Crippen LogP contribution in [-0.2, 0) is 5.54 Å². The first-order chi connectivity index (χ1) is 10.2. The molecular formula is C17H23N3O. The van der Waals surface area contributed by atoms with Crippen LogP contribution in [0.3, 0.4) is 0 Å². The highest BCUT2D eigenvalue weighted by Crippen LogP contribution is 2.39. The summed E-state index contributed by atoms with van der Waals surface area (Å²) in [6.07, 6.45) is 4.55. The Bertz CT molecular complexity index is 575. The fraction of sp³-hybridized carbons (Fsp3) is 0.529. The van der Waals surface area contributed by atoms with E-state index in [1.807, 2.05) is 6.92 Å². The van der Waals surface area contributed by atoms with Crippen LogP contribution in [0.15, 0.2) is 34.9 Å². The maximum Gasteiger partial charge on any atom is 0.223 e. The van der Waals surface area contributed by atoms with Crippen molar-refractivity contribution in [2.24, 2.45) is 0 Å². The number of hydrogen-bond donors (Lipinski definition) is 1. The zero-order valence-corrected chi connectivity index (χ0v) is 12.8. The Hall–Kier alpha value is -1.68. The number of rotatable bonds is 6.